The third kappa shape index (κ3) is 3.71. The minimum atomic E-state index is -0.193. The van der Waals surface area contributed by atoms with Crippen LogP contribution in [0.15, 0.2) is 36.4 Å². The van der Waals surface area contributed by atoms with Crippen molar-refractivity contribution in [2.75, 3.05) is 7.05 Å². The van der Waals surface area contributed by atoms with E-state index in [0.717, 1.165) is 31.7 Å². The maximum Gasteiger partial charge on any atom is 0.123 e. The predicted molar refractivity (Wildman–Crippen MR) is 90.8 cm³/mol. The average molecular weight is 404 g/mol. The number of halogens is 3. The number of hydrogen-bond donors (Lipinski definition) is 1. The van der Waals surface area contributed by atoms with E-state index < -0.39 is 0 Å². The standard InChI is InChI=1S/C16H16ClFIN/c1-10-3-5-13(18)7-12(10)9-16(20-2)11-4-6-15(19)14(17)8-11/h3-8,16,20H,9H2,1-2H3. The van der Waals surface area contributed by atoms with E-state index in [2.05, 4.69) is 34.0 Å². The third-order valence-corrected chi connectivity index (χ3v) is 5.00. The highest BCUT2D eigenvalue weighted by Crippen LogP contribution is 2.26. The summed E-state index contributed by atoms with van der Waals surface area (Å²) < 4.78 is 14.4. The second-order valence-corrected chi connectivity index (χ2v) is 6.36. The van der Waals surface area contributed by atoms with Gasteiger partial charge in [-0.1, -0.05) is 23.7 Å². The van der Waals surface area contributed by atoms with Crippen LogP contribution in [-0.2, 0) is 6.42 Å². The Morgan fingerprint density at radius 1 is 1.25 bits per heavy atom. The van der Waals surface area contributed by atoms with Crippen LogP contribution >= 0.6 is 34.2 Å². The summed E-state index contributed by atoms with van der Waals surface area (Å²) in [5.41, 5.74) is 3.23. The molecule has 1 N–H and O–H groups in total. The van der Waals surface area contributed by atoms with Crippen LogP contribution in [0.1, 0.15) is 22.7 Å². The molecule has 0 amide bonds. The van der Waals surface area contributed by atoms with Gasteiger partial charge in [-0.05, 0) is 83.9 Å². The third-order valence-electron chi connectivity index (χ3n) is 3.43. The topological polar surface area (TPSA) is 12.0 Å². The molecule has 0 bridgehead atoms. The Hall–Kier alpha value is -0.650. The van der Waals surface area contributed by atoms with Crippen molar-refractivity contribution < 1.29 is 4.39 Å². The lowest BCUT2D eigenvalue weighted by Gasteiger charge is -2.18. The molecule has 0 saturated carbocycles. The van der Waals surface area contributed by atoms with Crippen LogP contribution in [0.4, 0.5) is 4.39 Å². The molecular formula is C16H16ClFIN. The van der Waals surface area contributed by atoms with Gasteiger partial charge in [0.1, 0.15) is 5.82 Å². The minimum Gasteiger partial charge on any atom is -0.313 e. The molecule has 2 rings (SSSR count). The van der Waals surface area contributed by atoms with Gasteiger partial charge in [0.2, 0.25) is 0 Å². The molecule has 4 heteroatoms. The van der Waals surface area contributed by atoms with Gasteiger partial charge in [0.05, 0.1) is 5.02 Å². The fraction of sp³-hybridized carbons (Fsp3) is 0.250. The highest BCUT2D eigenvalue weighted by atomic mass is 127. The molecule has 0 saturated heterocycles. The first kappa shape index (κ1) is 15.7. The quantitative estimate of drug-likeness (QED) is 0.716. The number of rotatable bonds is 4. The Bertz CT molecular complexity index is 615. The Morgan fingerprint density at radius 2 is 2.00 bits per heavy atom. The second-order valence-electron chi connectivity index (χ2n) is 4.79. The lowest BCUT2D eigenvalue weighted by Crippen LogP contribution is -2.19. The number of benzene rings is 2. The highest BCUT2D eigenvalue weighted by molar-refractivity contribution is 14.1. The Morgan fingerprint density at radius 3 is 2.65 bits per heavy atom. The largest absolute Gasteiger partial charge is 0.313 e. The summed E-state index contributed by atoms with van der Waals surface area (Å²) in [4.78, 5) is 0. The zero-order chi connectivity index (χ0) is 14.7. The van der Waals surface area contributed by atoms with Crippen molar-refractivity contribution in [2.24, 2.45) is 0 Å². The van der Waals surface area contributed by atoms with Crippen molar-refractivity contribution in [1.29, 1.82) is 0 Å². The van der Waals surface area contributed by atoms with Crippen LogP contribution in [0, 0.1) is 16.3 Å². The molecule has 0 aliphatic heterocycles. The van der Waals surface area contributed by atoms with E-state index in [0.29, 0.717) is 0 Å². The molecule has 1 unspecified atom stereocenters. The van der Waals surface area contributed by atoms with Crippen molar-refractivity contribution >= 4 is 34.2 Å². The lowest BCUT2D eigenvalue weighted by atomic mass is 9.96. The summed E-state index contributed by atoms with van der Waals surface area (Å²) in [5.74, 6) is -0.193. The second kappa shape index (κ2) is 6.87. The molecule has 0 radical (unpaired) electrons. The number of likely N-dealkylation sites (N-methyl/N-ethyl adjacent to an activating group) is 1. The summed E-state index contributed by atoms with van der Waals surface area (Å²) in [6.45, 7) is 2.00. The summed E-state index contributed by atoms with van der Waals surface area (Å²) in [7, 11) is 1.91. The maximum atomic E-state index is 13.4. The van der Waals surface area contributed by atoms with E-state index >= 15 is 0 Å². The fourth-order valence-corrected chi connectivity index (χ4v) is 2.72. The molecule has 0 aromatic heterocycles. The summed E-state index contributed by atoms with van der Waals surface area (Å²) in [5, 5.41) is 4.03. The molecule has 0 spiro atoms. The Kier molecular flexibility index (Phi) is 5.41. The van der Waals surface area contributed by atoms with Crippen LogP contribution in [0.3, 0.4) is 0 Å². The van der Waals surface area contributed by atoms with Crippen molar-refractivity contribution in [2.45, 2.75) is 19.4 Å². The van der Waals surface area contributed by atoms with E-state index in [1.54, 1.807) is 6.07 Å². The lowest BCUT2D eigenvalue weighted by molar-refractivity contribution is 0.582. The van der Waals surface area contributed by atoms with Gasteiger partial charge in [-0.25, -0.2) is 4.39 Å². The zero-order valence-electron chi connectivity index (χ0n) is 11.4. The van der Waals surface area contributed by atoms with Crippen LogP contribution in [0.5, 0.6) is 0 Å². The molecule has 0 aliphatic carbocycles. The molecule has 0 aliphatic rings. The minimum absolute atomic E-state index is 0.116. The first-order valence-corrected chi connectivity index (χ1v) is 7.84. The van der Waals surface area contributed by atoms with Gasteiger partial charge in [-0.3, -0.25) is 0 Å². The molecule has 0 fully saturated rings. The first-order valence-electron chi connectivity index (χ1n) is 6.38. The maximum absolute atomic E-state index is 13.4. The van der Waals surface area contributed by atoms with Crippen LogP contribution in [-0.4, -0.2) is 7.05 Å². The predicted octanol–water partition coefficient (Wildman–Crippen LogP) is 4.90. The summed E-state index contributed by atoms with van der Waals surface area (Å²) >= 11 is 8.39. The first-order chi connectivity index (χ1) is 9.51. The number of hydrogen-bond acceptors (Lipinski definition) is 1. The van der Waals surface area contributed by atoms with Crippen molar-refractivity contribution in [3.63, 3.8) is 0 Å². The van der Waals surface area contributed by atoms with Gasteiger partial charge in [-0.15, -0.1) is 0 Å². The molecule has 1 atom stereocenters. The van der Waals surface area contributed by atoms with Crippen LogP contribution in [0.25, 0.3) is 0 Å². The van der Waals surface area contributed by atoms with Crippen molar-refractivity contribution in [3.8, 4) is 0 Å². The molecule has 2 aromatic rings. The van der Waals surface area contributed by atoms with Gasteiger partial charge >= 0.3 is 0 Å². The van der Waals surface area contributed by atoms with E-state index in [4.69, 9.17) is 11.6 Å². The fourth-order valence-electron chi connectivity index (χ4n) is 2.20. The monoisotopic (exact) mass is 403 g/mol. The van der Waals surface area contributed by atoms with E-state index in [1.165, 1.54) is 6.07 Å². The van der Waals surface area contributed by atoms with Crippen LogP contribution in [0.2, 0.25) is 5.02 Å². The van der Waals surface area contributed by atoms with Gasteiger partial charge in [0.25, 0.3) is 0 Å². The molecule has 20 heavy (non-hydrogen) atoms. The van der Waals surface area contributed by atoms with Crippen LogP contribution < -0.4 is 5.32 Å². The normalized spacial score (nSPS) is 12.4. The SMILES string of the molecule is CNC(Cc1cc(F)ccc1C)c1ccc(I)c(Cl)c1. The van der Waals surface area contributed by atoms with Gasteiger partial charge < -0.3 is 5.32 Å². The molecule has 106 valence electrons. The number of nitrogens with one attached hydrogen (secondary N) is 1. The van der Waals surface area contributed by atoms with Crippen molar-refractivity contribution in [1.82, 2.24) is 5.32 Å². The van der Waals surface area contributed by atoms with Crippen molar-refractivity contribution in [3.05, 3.63) is 67.5 Å². The zero-order valence-corrected chi connectivity index (χ0v) is 14.3. The van der Waals surface area contributed by atoms with Gasteiger partial charge in [0.15, 0.2) is 0 Å². The molecule has 0 heterocycles. The average Bonchev–Trinajstić information content (AvgIpc) is 2.43. The van der Waals surface area contributed by atoms with E-state index in [9.17, 15) is 4.39 Å². The Balaban J connectivity index is 2.28. The molecule has 2 aromatic carbocycles. The van der Waals surface area contributed by atoms with E-state index in [1.807, 2.05) is 32.2 Å². The summed E-state index contributed by atoms with van der Waals surface area (Å²) in [6, 6.07) is 11.1. The molecular weight excluding hydrogens is 388 g/mol. The highest BCUT2D eigenvalue weighted by Gasteiger charge is 2.13. The molecule has 1 nitrogen and oxygen atoms in total. The Labute approximate surface area is 137 Å². The smallest absolute Gasteiger partial charge is 0.123 e. The van der Waals surface area contributed by atoms with Gasteiger partial charge in [0, 0.05) is 9.61 Å². The summed E-state index contributed by atoms with van der Waals surface area (Å²) in [6.07, 6.45) is 0.733. The number of aryl methyl sites for hydroxylation is 1. The van der Waals surface area contributed by atoms with Gasteiger partial charge in [-0.2, -0.15) is 0 Å². The van der Waals surface area contributed by atoms with E-state index in [-0.39, 0.29) is 11.9 Å².